The minimum Gasteiger partial charge on any atom is -0.480 e. The van der Waals surface area contributed by atoms with Gasteiger partial charge in [0, 0.05) is 5.02 Å². The van der Waals surface area contributed by atoms with Crippen molar-refractivity contribution in [3.63, 3.8) is 0 Å². The Morgan fingerprint density at radius 1 is 1.50 bits per heavy atom. The van der Waals surface area contributed by atoms with Crippen molar-refractivity contribution in [1.82, 2.24) is 4.72 Å². The Labute approximate surface area is 95.9 Å². The fraction of sp³-hybridized carbons (Fsp3) is 0.125. The molecule has 1 aromatic rings. The fourth-order valence-electron chi connectivity index (χ4n) is 0.928. The predicted octanol–water partition coefficient (Wildman–Crippen LogP) is 0.842. The summed E-state index contributed by atoms with van der Waals surface area (Å²) < 4.78 is 37.8. The maximum absolute atomic E-state index is 13.2. The Kier molecular flexibility index (Phi) is 3.84. The van der Waals surface area contributed by atoms with Gasteiger partial charge in [-0.3, -0.25) is 4.79 Å². The Morgan fingerprint density at radius 3 is 2.62 bits per heavy atom. The molecule has 0 heterocycles. The summed E-state index contributed by atoms with van der Waals surface area (Å²) in [5.41, 5.74) is 0. The topological polar surface area (TPSA) is 83.5 Å². The second kappa shape index (κ2) is 4.77. The molecule has 0 amide bonds. The van der Waals surface area contributed by atoms with Crippen molar-refractivity contribution in [2.75, 3.05) is 6.54 Å². The lowest BCUT2D eigenvalue weighted by Gasteiger charge is -2.05. The first kappa shape index (κ1) is 12.9. The molecule has 0 saturated heterocycles. The summed E-state index contributed by atoms with van der Waals surface area (Å²) in [6.07, 6.45) is 0. The van der Waals surface area contributed by atoms with E-state index >= 15 is 0 Å². The average Bonchev–Trinajstić information content (AvgIpc) is 2.14. The standard InChI is InChI=1S/C8H7ClFNO4S/c9-5-1-2-7(6(10)3-5)16(14,15)11-4-8(12)13/h1-3,11H,4H2,(H,12,13). The first-order valence-corrected chi connectivity index (χ1v) is 5.85. The molecule has 0 aromatic heterocycles. The van der Waals surface area contributed by atoms with Gasteiger partial charge < -0.3 is 5.11 Å². The van der Waals surface area contributed by atoms with E-state index in [4.69, 9.17) is 16.7 Å². The minimum absolute atomic E-state index is 0.0506. The van der Waals surface area contributed by atoms with Crippen LogP contribution in [0.2, 0.25) is 5.02 Å². The van der Waals surface area contributed by atoms with Gasteiger partial charge in [-0.15, -0.1) is 0 Å². The quantitative estimate of drug-likeness (QED) is 0.847. The van der Waals surface area contributed by atoms with Crippen molar-refractivity contribution >= 4 is 27.6 Å². The summed E-state index contributed by atoms with van der Waals surface area (Å²) in [7, 11) is -4.17. The maximum atomic E-state index is 13.2. The monoisotopic (exact) mass is 267 g/mol. The predicted molar refractivity (Wildman–Crippen MR) is 54.2 cm³/mol. The van der Waals surface area contributed by atoms with E-state index in [-0.39, 0.29) is 5.02 Å². The molecule has 2 N–H and O–H groups in total. The van der Waals surface area contributed by atoms with E-state index in [1.54, 1.807) is 4.72 Å². The smallest absolute Gasteiger partial charge is 0.318 e. The van der Waals surface area contributed by atoms with E-state index in [0.29, 0.717) is 0 Å². The van der Waals surface area contributed by atoms with Crippen molar-refractivity contribution in [3.05, 3.63) is 29.0 Å². The Morgan fingerprint density at radius 2 is 2.12 bits per heavy atom. The number of carboxylic acid groups (broad SMARTS) is 1. The van der Waals surface area contributed by atoms with Gasteiger partial charge in [-0.1, -0.05) is 11.6 Å². The molecule has 0 atom stereocenters. The molecule has 1 aromatic carbocycles. The highest BCUT2D eigenvalue weighted by atomic mass is 35.5. The van der Waals surface area contributed by atoms with Crippen LogP contribution in [0, 0.1) is 5.82 Å². The number of carboxylic acids is 1. The second-order valence-corrected chi connectivity index (χ2v) is 4.96. The molecule has 0 aliphatic rings. The molecule has 0 aliphatic heterocycles. The zero-order valence-electron chi connectivity index (χ0n) is 7.78. The summed E-state index contributed by atoms with van der Waals surface area (Å²) in [6.45, 7) is -0.815. The normalized spacial score (nSPS) is 11.4. The number of rotatable bonds is 4. The lowest BCUT2D eigenvalue weighted by atomic mass is 10.3. The van der Waals surface area contributed by atoms with Gasteiger partial charge in [-0.05, 0) is 18.2 Å². The van der Waals surface area contributed by atoms with Crippen LogP contribution in [0.5, 0.6) is 0 Å². The summed E-state index contributed by atoms with van der Waals surface area (Å²) in [4.78, 5) is 9.53. The van der Waals surface area contributed by atoms with E-state index in [2.05, 4.69) is 0 Å². The fourth-order valence-corrected chi connectivity index (χ4v) is 2.12. The lowest BCUT2D eigenvalue weighted by molar-refractivity contribution is -0.135. The van der Waals surface area contributed by atoms with Crippen LogP contribution >= 0.6 is 11.6 Å². The summed E-state index contributed by atoms with van der Waals surface area (Å²) in [6, 6.07) is 2.98. The number of hydrogen-bond donors (Lipinski definition) is 2. The second-order valence-electron chi connectivity index (χ2n) is 2.79. The molecule has 0 bridgehead atoms. The van der Waals surface area contributed by atoms with Crippen molar-refractivity contribution in [3.8, 4) is 0 Å². The molecule has 0 spiro atoms. The average molecular weight is 268 g/mol. The molecule has 5 nitrogen and oxygen atoms in total. The van der Waals surface area contributed by atoms with Gasteiger partial charge in [0.25, 0.3) is 0 Å². The van der Waals surface area contributed by atoms with E-state index in [9.17, 15) is 17.6 Å². The van der Waals surface area contributed by atoms with Gasteiger partial charge in [0.2, 0.25) is 10.0 Å². The molecule has 1 rings (SSSR count). The van der Waals surface area contributed by atoms with E-state index in [1.807, 2.05) is 0 Å². The number of carbonyl (C=O) groups is 1. The van der Waals surface area contributed by atoms with Crippen LogP contribution in [0.25, 0.3) is 0 Å². The molecule has 8 heteroatoms. The zero-order chi connectivity index (χ0) is 12.3. The third-order valence-electron chi connectivity index (χ3n) is 1.60. The Hall–Kier alpha value is -1.18. The van der Waals surface area contributed by atoms with Crippen molar-refractivity contribution in [2.45, 2.75) is 4.90 Å². The highest BCUT2D eigenvalue weighted by Gasteiger charge is 2.19. The number of halogens is 2. The first-order chi connectivity index (χ1) is 7.33. The minimum atomic E-state index is -4.17. The van der Waals surface area contributed by atoms with E-state index in [1.165, 1.54) is 6.07 Å². The number of aliphatic carboxylic acids is 1. The van der Waals surface area contributed by atoms with Crippen LogP contribution in [0.4, 0.5) is 4.39 Å². The van der Waals surface area contributed by atoms with Crippen LogP contribution in [0.15, 0.2) is 23.1 Å². The molecule has 0 radical (unpaired) electrons. The van der Waals surface area contributed by atoms with Crippen LogP contribution < -0.4 is 4.72 Å². The Bertz CT molecular complexity index is 517. The van der Waals surface area contributed by atoms with Crippen LogP contribution in [0.1, 0.15) is 0 Å². The third-order valence-corrected chi connectivity index (χ3v) is 3.27. The molecule has 0 unspecified atom stereocenters. The molecule has 0 aliphatic carbocycles. The first-order valence-electron chi connectivity index (χ1n) is 3.99. The number of nitrogens with one attached hydrogen (secondary N) is 1. The van der Waals surface area contributed by atoms with Gasteiger partial charge in [-0.2, -0.15) is 4.72 Å². The molecule has 0 saturated carbocycles. The summed E-state index contributed by atoms with van der Waals surface area (Å²) in [5.74, 6) is -2.40. The van der Waals surface area contributed by atoms with Gasteiger partial charge >= 0.3 is 5.97 Å². The van der Waals surface area contributed by atoms with Crippen molar-refractivity contribution in [2.24, 2.45) is 0 Å². The number of sulfonamides is 1. The van der Waals surface area contributed by atoms with E-state index in [0.717, 1.165) is 12.1 Å². The molecular formula is C8H7ClFNO4S. The number of benzene rings is 1. The highest BCUT2D eigenvalue weighted by Crippen LogP contribution is 2.18. The molecule has 88 valence electrons. The van der Waals surface area contributed by atoms with Gasteiger partial charge in [0.05, 0.1) is 0 Å². The van der Waals surface area contributed by atoms with Crippen molar-refractivity contribution in [1.29, 1.82) is 0 Å². The maximum Gasteiger partial charge on any atom is 0.318 e. The largest absolute Gasteiger partial charge is 0.480 e. The molecule has 16 heavy (non-hydrogen) atoms. The molecular weight excluding hydrogens is 261 g/mol. The van der Waals surface area contributed by atoms with Gasteiger partial charge in [0.1, 0.15) is 17.3 Å². The lowest BCUT2D eigenvalue weighted by Crippen LogP contribution is -2.29. The SMILES string of the molecule is O=C(O)CNS(=O)(=O)c1ccc(Cl)cc1F. The van der Waals surface area contributed by atoms with Crippen molar-refractivity contribution < 1.29 is 22.7 Å². The summed E-state index contributed by atoms with van der Waals surface area (Å²) >= 11 is 5.45. The zero-order valence-corrected chi connectivity index (χ0v) is 9.35. The highest BCUT2D eigenvalue weighted by molar-refractivity contribution is 7.89. The Balaban J connectivity index is 3.03. The van der Waals surface area contributed by atoms with Gasteiger partial charge in [-0.25, -0.2) is 12.8 Å². The van der Waals surface area contributed by atoms with Crippen LogP contribution in [0.3, 0.4) is 0 Å². The molecule has 0 fully saturated rings. The van der Waals surface area contributed by atoms with Crippen LogP contribution in [-0.2, 0) is 14.8 Å². The van der Waals surface area contributed by atoms with Gasteiger partial charge in [0.15, 0.2) is 0 Å². The van der Waals surface area contributed by atoms with E-state index < -0.39 is 33.3 Å². The third kappa shape index (κ3) is 3.16. The van der Waals surface area contributed by atoms with Crippen LogP contribution in [-0.4, -0.2) is 26.0 Å². The number of hydrogen-bond acceptors (Lipinski definition) is 3. The summed E-state index contributed by atoms with van der Waals surface area (Å²) in [5, 5.41) is 8.35.